The summed E-state index contributed by atoms with van der Waals surface area (Å²) in [6.07, 6.45) is -0.222. The highest BCUT2D eigenvalue weighted by atomic mass is 16.4. The lowest BCUT2D eigenvalue weighted by atomic mass is 10.1. The summed E-state index contributed by atoms with van der Waals surface area (Å²) in [5, 5.41) is 11.0. The van der Waals surface area contributed by atoms with E-state index >= 15 is 0 Å². The molecular weight excluding hydrogens is 242 g/mol. The van der Waals surface area contributed by atoms with E-state index < -0.39 is 23.8 Å². The quantitative estimate of drug-likeness (QED) is 0.501. The molecule has 0 radical (unpaired) electrons. The molecule has 8 heteroatoms. The van der Waals surface area contributed by atoms with Gasteiger partial charge in [-0.3, -0.25) is 14.4 Å². The summed E-state index contributed by atoms with van der Waals surface area (Å²) in [6, 6.07) is -1.19. The summed E-state index contributed by atoms with van der Waals surface area (Å²) in [4.78, 5) is 44.8. The van der Waals surface area contributed by atoms with Crippen LogP contribution in [0.5, 0.6) is 0 Å². The first kappa shape index (κ1) is 15.9. The van der Waals surface area contributed by atoms with Crippen LogP contribution in [0.1, 0.15) is 19.8 Å². The molecule has 0 aliphatic carbocycles. The number of rotatable bonds is 7. The lowest BCUT2D eigenvalue weighted by Gasteiger charge is -2.17. The second-order valence-electron chi connectivity index (χ2n) is 3.84. The van der Waals surface area contributed by atoms with Crippen LogP contribution in [0.3, 0.4) is 0 Å². The fourth-order valence-corrected chi connectivity index (χ4v) is 1.11. The number of hydrogen-bond donors (Lipinski definition) is 3. The Bertz CT molecular complexity index is 355. The predicted molar refractivity (Wildman–Crippen MR) is 61.3 cm³/mol. The number of carboxylic acid groups (broad SMARTS) is 1. The summed E-state index contributed by atoms with van der Waals surface area (Å²) < 4.78 is 0. The van der Waals surface area contributed by atoms with Gasteiger partial charge in [-0.2, -0.15) is 0 Å². The Balaban J connectivity index is 4.32. The smallest absolute Gasteiger partial charge is 0.326 e. The van der Waals surface area contributed by atoms with E-state index in [0.717, 1.165) is 4.90 Å². The van der Waals surface area contributed by atoms with Crippen molar-refractivity contribution >= 4 is 23.7 Å². The van der Waals surface area contributed by atoms with Crippen molar-refractivity contribution in [2.45, 2.75) is 25.8 Å². The van der Waals surface area contributed by atoms with E-state index in [1.165, 1.54) is 14.0 Å². The number of carbonyl (C=O) groups excluding carboxylic acids is 3. The number of hydrogen-bond acceptors (Lipinski definition) is 4. The van der Waals surface area contributed by atoms with Crippen LogP contribution >= 0.6 is 0 Å². The molecule has 0 saturated heterocycles. The fraction of sp³-hybridized carbons (Fsp3) is 0.600. The molecule has 102 valence electrons. The van der Waals surface area contributed by atoms with Gasteiger partial charge in [0.1, 0.15) is 6.04 Å². The highest BCUT2D eigenvalue weighted by Crippen LogP contribution is 1.97. The first-order chi connectivity index (χ1) is 8.23. The molecule has 1 atom stereocenters. The lowest BCUT2D eigenvalue weighted by molar-refractivity contribution is -0.142. The number of likely N-dealkylation sites (N-methyl/N-ethyl adjacent to an activating group) is 1. The van der Waals surface area contributed by atoms with Crippen molar-refractivity contribution in [3.63, 3.8) is 0 Å². The lowest BCUT2D eigenvalue weighted by Crippen LogP contribution is -2.46. The van der Waals surface area contributed by atoms with Crippen LogP contribution in [0.25, 0.3) is 0 Å². The molecule has 0 bridgehead atoms. The molecule has 0 rings (SSSR count). The van der Waals surface area contributed by atoms with E-state index in [2.05, 4.69) is 5.32 Å². The van der Waals surface area contributed by atoms with Gasteiger partial charge in [0, 0.05) is 20.4 Å². The molecule has 8 nitrogen and oxygen atoms in total. The Morgan fingerprint density at radius 1 is 1.33 bits per heavy atom. The van der Waals surface area contributed by atoms with E-state index in [-0.39, 0.29) is 25.3 Å². The van der Waals surface area contributed by atoms with Gasteiger partial charge in [0.15, 0.2) is 0 Å². The predicted octanol–water partition coefficient (Wildman–Crippen LogP) is -1.70. The third kappa shape index (κ3) is 6.46. The first-order valence-corrected chi connectivity index (χ1v) is 5.26. The van der Waals surface area contributed by atoms with Crippen molar-refractivity contribution in [2.75, 3.05) is 13.6 Å². The molecule has 0 aliphatic rings. The fourth-order valence-electron chi connectivity index (χ4n) is 1.11. The largest absolute Gasteiger partial charge is 0.480 e. The maximum absolute atomic E-state index is 11.4. The van der Waals surface area contributed by atoms with E-state index in [0.29, 0.717) is 0 Å². The minimum absolute atomic E-state index is 0.0831. The number of amides is 3. The van der Waals surface area contributed by atoms with Gasteiger partial charge in [-0.05, 0) is 6.42 Å². The number of nitrogens with two attached hydrogens (primary N) is 1. The second-order valence-corrected chi connectivity index (χ2v) is 3.84. The molecule has 0 unspecified atom stereocenters. The van der Waals surface area contributed by atoms with Crippen LogP contribution in [0.4, 0.5) is 0 Å². The summed E-state index contributed by atoms with van der Waals surface area (Å²) >= 11 is 0. The SMILES string of the molecule is CC(=O)N(C)CC(=O)N[C@@H](CCC(N)=O)C(=O)O. The summed E-state index contributed by atoms with van der Waals surface area (Å²) in [7, 11) is 1.42. The molecule has 0 fully saturated rings. The molecule has 0 heterocycles. The number of nitrogens with zero attached hydrogens (tertiary/aromatic N) is 1. The second kappa shape index (κ2) is 7.25. The third-order valence-electron chi connectivity index (χ3n) is 2.23. The van der Waals surface area contributed by atoms with Crippen molar-refractivity contribution in [2.24, 2.45) is 5.73 Å². The molecular formula is C10H17N3O5. The van der Waals surface area contributed by atoms with Gasteiger partial charge in [0.2, 0.25) is 17.7 Å². The van der Waals surface area contributed by atoms with Gasteiger partial charge in [-0.25, -0.2) is 4.79 Å². The monoisotopic (exact) mass is 259 g/mol. The number of nitrogens with one attached hydrogen (secondary N) is 1. The van der Waals surface area contributed by atoms with Gasteiger partial charge in [0.05, 0.1) is 6.54 Å². The Hall–Kier alpha value is -2.12. The van der Waals surface area contributed by atoms with Crippen LogP contribution in [0.15, 0.2) is 0 Å². The Kier molecular flexibility index (Phi) is 6.40. The van der Waals surface area contributed by atoms with E-state index in [4.69, 9.17) is 10.8 Å². The van der Waals surface area contributed by atoms with Gasteiger partial charge < -0.3 is 21.1 Å². The first-order valence-electron chi connectivity index (χ1n) is 5.26. The molecule has 18 heavy (non-hydrogen) atoms. The van der Waals surface area contributed by atoms with E-state index in [1.807, 2.05) is 0 Å². The molecule has 0 aliphatic heterocycles. The van der Waals surface area contributed by atoms with Gasteiger partial charge in [-0.15, -0.1) is 0 Å². The molecule has 0 aromatic heterocycles. The minimum atomic E-state index is -1.25. The normalized spacial score (nSPS) is 11.4. The summed E-state index contributed by atoms with van der Waals surface area (Å²) in [5.74, 6) is -2.81. The Labute approximate surface area is 104 Å². The van der Waals surface area contributed by atoms with Crippen LogP contribution in [0, 0.1) is 0 Å². The third-order valence-corrected chi connectivity index (χ3v) is 2.23. The average Bonchev–Trinajstić information content (AvgIpc) is 2.23. The van der Waals surface area contributed by atoms with Crippen molar-refractivity contribution in [1.29, 1.82) is 0 Å². The van der Waals surface area contributed by atoms with Gasteiger partial charge in [-0.1, -0.05) is 0 Å². The number of carboxylic acids is 1. The average molecular weight is 259 g/mol. The molecule has 0 spiro atoms. The van der Waals surface area contributed by atoms with Crippen LogP contribution in [0.2, 0.25) is 0 Å². The maximum atomic E-state index is 11.4. The summed E-state index contributed by atoms with van der Waals surface area (Å²) in [5.41, 5.74) is 4.89. The van der Waals surface area contributed by atoms with Crippen LogP contribution in [-0.2, 0) is 19.2 Å². The summed E-state index contributed by atoms with van der Waals surface area (Å²) in [6.45, 7) is 1.05. The topological polar surface area (TPSA) is 130 Å². The molecule has 0 aromatic rings. The van der Waals surface area contributed by atoms with Crippen molar-refractivity contribution in [1.82, 2.24) is 10.2 Å². The van der Waals surface area contributed by atoms with Crippen LogP contribution in [-0.4, -0.2) is 53.3 Å². The maximum Gasteiger partial charge on any atom is 0.326 e. The number of carbonyl (C=O) groups is 4. The van der Waals surface area contributed by atoms with Gasteiger partial charge >= 0.3 is 5.97 Å². The standard InChI is InChI=1S/C10H17N3O5/c1-6(14)13(2)5-9(16)12-7(10(17)18)3-4-8(11)15/h7H,3-5H2,1-2H3,(H2,11,15)(H,12,16)(H,17,18)/t7-/m0/s1. The van der Waals surface area contributed by atoms with Crippen molar-refractivity contribution in [3.8, 4) is 0 Å². The zero-order valence-electron chi connectivity index (χ0n) is 10.3. The molecule has 0 aromatic carbocycles. The van der Waals surface area contributed by atoms with Crippen molar-refractivity contribution in [3.05, 3.63) is 0 Å². The minimum Gasteiger partial charge on any atom is -0.480 e. The van der Waals surface area contributed by atoms with E-state index in [1.54, 1.807) is 0 Å². The molecule has 4 N–H and O–H groups in total. The molecule has 3 amide bonds. The van der Waals surface area contributed by atoms with Crippen molar-refractivity contribution < 1.29 is 24.3 Å². The highest BCUT2D eigenvalue weighted by molar-refractivity contribution is 5.87. The van der Waals surface area contributed by atoms with Gasteiger partial charge in [0.25, 0.3) is 0 Å². The van der Waals surface area contributed by atoms with E-state index in [9.17, 15) is 19.2 Å². The highest BCUT2D eigenvalue weighted by Gasteiger charge is 2.21. The zero-order valence-corrected chi connectivity index (χ0v) is 10.3. The van der Waals surface area contributed by atoms with Crippen LogP contribution < -0.4 is 11.1 Å². The number of primary amides is 1. The Morgan fingerprint density at radius 2 is 1.89 bits per heavy atom. The molecule has 0 saturated carbocycles. The number of aliphatic carboxylic acids is 1. The Morgan fingerprint density at radius 3 is 2.28 bits per heavy atom. The zero-order chi connectivity index (χ0) is 14.3.